The third kappa shape index (κ3) is 4.94. The third-order valence-corrected chi connectivity index (χ3v) is 6.40. The fraction of sp³-hybridized carbons (Fsp3) is 0.250. The number of fused-ring (bicyclic) bond motifs is 1. The third-order valence-electron chi connectivity index (χ3n) is 6.40. The highest BCUT2D eigenvalue weighted by molar-refractivity contribution is 6.07. The molecule has 1 aliphatic heterocycles. The fourth-order valence-electron chi connectivity index (χ4n) is 4.54. The van der Waals surface area contributed by atoms with Crippen molar-refractivity contribution in [1.29, 1.82) is 0 Å². The lowest BCUT2D eigenvalue weighted by molar-refractivity contribution is -0.132. The molecular formula is C28H28FN3O3. The summed E-state index contributed by atoms with van der Waals surface area (Å²) in [5.74, 6) is -1.03. The van der Waals surface area contributed by atoms with Gasteiger partial charge >= 0.3 is 0 Å². The summed E-state index contributed by atoms with van der Waals surface area (Å²) in [5, 5.41) is 0. The number of halogens is 1. The highest BCUT2D eigenvalue weighted by Gasteiger charge is 2.39. The van der Waals surface area contributed by atoms with E-state index in [0.29, 0.717) is 17.7 Å². The van der Waals surface area contributed by atoms with Crippen LogP contribution in [-0.4, -0.2) is 42.3 Å². The van der Waals surface area contributed by atoms with E-state index in [-0.39, 0.29) is 36.3 Å². The van der Waals surface area contributed by atoms with Crippen molar-refractivity contribution in [1.82, 2.24) is 4.90 Å². The summed E-state index contributed by atoms with van der Waals surface area (Å²) in [7, 11) is 1.60. The molecule has 180 valence electrons. The van der Waals surface area contributed by atoms with E-state index in [2.05, 4.69) is 0 Å². The standard InChI is InChI=1S/C28H28FN3O3/c1-19-17-26(32(23-9-5-4-6-10-23)27(34)18-30(3)20(2)33)24-11-7-8-12-25(24)31(19)28(35)21-13-15-22(29)16-14-21/h4-16,19,26H,17-18H2,1-3H3/t19-,26+/m1/s1. The van der Waals surface area contributed by atoms with Crippen molar-refractivity contribution in [3.63, 3.8) is 0 Å². The van der Waals surface area contributed by atoms with Gasteiger partial charge in [0.2, 0.25) is 11.8 Å². The molecule has 0 unspecified atom stereocenters. The summed E-state index contributed by atoms with van der Waals surface area (Å²) in [6.45, 7) is 3.31. The molecule has 2 atom stereocenters. The van der Waals surface area contributed by atoms with Gasteiger partial charge in [-0.1, -0.05) is 36.4 Å². The van der Waals surface area contributed by atoms with Gasteiger partial charge in [-0.15, -0.1) is 0 Å². The van der Waals surface area contributed by atoms with Crippen LogP contribution in [0.1, 0.15) is 42.2 Å². The van der Waals surface area contributed by atoms with E-state index >= 15 is 0 Å². The number of carbonyl (C=O) groups is 3. The van der Waals surface area contributed by atoms with Crippen molar-refractivity contribution in [2.75, 3.05) is 23.4 Å². The molecule has 3 aromatic carbocycles. The average molecular weight is 474 g/mol. The second-order valence-electron chi connectivity index (χ2n) is 8.82. The zero-order valence-corrected chi connectivity index (χ0v) is 20.0. The number of anilines is 2. The van der Waals surface area contributed by atoms with E-state index in [4.69, 9.17) is 0 Å². The molecule has 0 radical (unpaired) electrons. The summed E-state index contributed by atoms with van der Waals surface area (Å²) in [6, 6.07) is 21.8. The molecule has 0 aromatic heterocycles. The van der Waals surface area contributed by atoms with Crippen LogP contribution >= 0.6 is 0 Å². The van der Waals surface area contributed by atoms with E-state index in [1.807, 2.05) is 61.5 Å². The first-order chi connectivity index (χ1) is 16.8. The molecule has 1 heterocycles. The first kappa shape index (κ1) is 24.1. The molecule has 1 aliphatic rings. The topological polar surface area (TPSA) is 60.9 Å². The Balaban J connectivity index is 1.76. The van der Waals surface area contributed by atoms with Crippen LogP contribution in [0.3, 0.4) is 0 Å². The van der Waals surface area contributed by atoms with Crippen LogP contribution in [0.2, 0.25) is 0 Å². The number of nitrogens with zero attached hydrogens (tertiary/aromatic N) is 3. The SMILES string of the molecule is CC(=O)N(C)CC(=O)N(c1ccccc1)[C@H]1C[C@@H](C)N(C(=O)c2ccc(F)cc2)c2ccccc21. The quantitative estimate of drug-likeness (QED) is 0.534. The molecule has 0 saturated heterocycles. The van der Waals surface area contributed by atoms with Gasteiger partial charge in [-0.05, 0) is 61.4 Å². The van der Waals surface area contributed by atoms with Gasteiger partial charge in [0.05, 0.1) is 12.6 Å². The smallest absolute Gasteiger partial charge is 0.258 e. The molecule has 4 rings (SSSR count). The monoisotopic (exact) mass is 473 g/mol. The van der Waals surface area contributed by atoms with E-state index in [1.165, 1.54) is 36.1 Å². The maximum atomic E-state index is 13.6. The Kier molecular flexibility index (Phi) is 6.96. The lowest BCUT2D eigenvalue weighted by Crippen LogP contribution is -2.49. The Bertz CT molecular complexity index is 1230. The molecule has 3 amide bonds. The van der Waals surface area contributed by atoms with Crippen LogP contribution in [0.4, 0.5) is 15.8 Å². The maximum Gasteiger partial charge on any atom is 0.258 e. The van der Waals surface area contributed by atoms with Crippen LogP contribution < -0.4 is 9.80 Å². The Morgan fingerprint density at radius 3 is 2.23 bits per heavy atom. The predicted molar refractivity (Wildman–Crippen MR) is 134 cm³/mol. The van der Waals surface area contributed by atoms with Crippen LogP contribution in [-0.2, 0) is 9.59 Å². The number of hydrogen-bond acceptors (Lipinski definition) is 3. The zero-order chi connectivity index (χ0) is 25.1. The van der Waals surface area contributed by atoms with E-state index in [1.54, 1.807) is 16.8 Å². The van der Waals surface area contributed by atoms with Crippen LogP contribution in [0.25, 0.3) is 0 Å². The largest absolute Gasteiger partial charge is 0.337 e. The molecule has 7 heteroatoms. The number of benzene rings is 3. The van der Waals surface area contributed by atoms with Gasteiger partial charge in [-0.25, -0.2) is 4.39 Å². The molecule has 0 aliphatic carbocycles. The summed E-state index contributed by atoms with van der Waals surface area (Å²) in [5.41, 5.74) is 2.66. The second kappa shape index (κ2) is 10.1. The van der Waals surface area contributed by atoms with Crippen molar-refractivity contribution in [2.24, 2.45) is 0 Å². The van der Waals surface area contributed by atoms with Gasteiger partial charge < -0.3 is 14.7 Å². The van der Waals surface area contributed by atoms with E-state index in [9.17, 15) is 18.8 Å². The van der Waals surface area contributed by atoms with Crippen LogP contribution in [0.15, 0.2) is 78.9 Å². The number of carbonyl (C=O) groups excluding carboxylic acids is 3. The number of likely N-dealkylation sites (N-methyl/N-ethyl adjacent to an activating group) is 1. The minimum Gasteiger partial charge on any atom is -0.337 e. The number of rotatable bonds is 5. The molecule has 0 bridgehead atoms. The number of amides is 3. The molecule has 0 spiro atoms. The highest BCUT2D eigenvalue weighted by Crippen LogP contribution is 2.42. The van der Waals surface area contributed by atoms with Gasteiger partial charge in [0, 0.05) is 37.0 Å². The van der Waals surface area contributed by atoms with Crippen molar-refractivity contribution >= 4 is 29.1 Å². The van der Waals surface area contributed by atoms with Gasteiger partial charge in [0.25, 0.3) is 5.91 Å². The summed E-state index contributed by atoms with van der Waals surface area (Å²) >= 11 is 0. The highest BCUT2D eigenvalue weighted by atomic mass is 19.1. The normalized spacial score (nSPS) is 16.9. The van der Waals surface area contributed by atoms with Crippen molar-refractivity contribution in [3.05, 3.63) is 95.8 Å². The zero-order valence-electron chi connectivity index (χ0n) is 20.0. The lowest BCUT2D eigenvalue weighted by atomic mass is 9.89. The Morgan fingerprint density at radius 1 is 0.943 bits per heavy atom. The van der Waals surface area contributed by atoms with Gasteiger partial charge in [-0.2, -0.15) is 0 Å². The van der Waals surface area contributed by atoms with Gasteiger partial charge in [-0.3, -0.25) is 14.4 Å². The Morgan fingerprint density at radius 2 is 1.57 bits per heavy atom. The molecule has 0 fully saturated rings. The molecule has 6 nitrogen and oxygen atoms in total. The molecular weight excluding hydrogens is 445 g/mol. The van der Waals surface area contributed by atoms with Crippen LogP contribution in [0.5, 0.6) is 0 Å². The van der Waals surface area contributed by atoms with Gasteiger partial charge in [0.1, 0.15) is 5.82 Å². The predicted octanol–water partition coefficient (Wildman–Crippen LogP) is 4.82. The fourth-order valence-corrected chi connectivity index (χ4v) is 4.54. The summed E-state index contributed by atoms with van der Waals surface area (Å²) in [6.07, 6.45) is 0.494. The first-order valence-corrected chi connectivity index (χ1v) is 11.5. The number of hydrogen-bond donors (Lipinski definition) is 0. The Labute approximate surface area is 204 Å². The van der Waals surface area contributed by atoms with E-state index in [0.717, 1.165) is 11.3 Å². The van der Waals surface area contributed by atoms with Gasteiger partial charge in [0.15, 0.2) is 0 Å². The van der Waals surface area contributed by atoms with Crippen molar-refractivity contribution < 1.29 is 18.8 Å². The minimum absolute atomic E-state index is 0.0600. The minimum atomic E-state index is -0.402. The molecule has 0 saturated carbocycles. The molecule has 0 N–H and O–H groups in total. The first-order valence-electron chi connectivity index (χ1n) is 11.5. The molecule has 3 aromatic rings. The van der Waals surface area contributed by atoms with Crippen molar-refractivity contribution in [2.45, 2.75) is 32.4 Å². The molecule has 35 heavy (non-hydrogen) atoms. The van der Waals surface area contributed by atoms with Crippen LogP contribution in [0, 0.1) is 5.82 Å². The second-order valence-corrected chi connectivity index (χ2v) is 8.82. The summed E-state index contributed by atoms with van der Waals surface area (Å²) < 4.78 is 13.4. The lowest BCUT2D eigenvalue weighted by Gasteiger charge is -2.44. The average Bonchev–Trinajstić information content (AvgIpc) is 2.85. The van der Waals surface area contributed by atoms with Crippen molar-refractivity contribution in [3.8, 4) is 0 Å². The number of para-hydroxylation sites is 2. The van der Waals surface area contributed by atoms with E-state index < -0.39 is 5.82 Å². The Hall–Kier alpha value is -4.00. The maximum absolute atomic E-state index is 13.6. The summed E-state index contributed by atoms with van der Waals surface area (Å²) in [4.78, 5) is 43.7.